The summed E-state index contributed by atoms with van der Waals surface area (Å²) < 4.78 is 5.44. The average Bonchev–Trinajstić information content (AvgIpc) is 3.56. The van der Waals surface area contributed by atoms with Gasteiger partial charge in [-0.05, 0) is 57.4 Å². The van der Waals surface area contributed by atoms with Crippen LogP contribution in [0.2, 0.25) is 0 Å². The van der Waals surface area contributed by atoms with Crippen LogP contribution in [0, 0.1) is 12.8 Å². The van der Waals surface area contributed by atoms with Crippen molar-refractivity contribution in [2.75, 3.05) is 44.7 Å². The van der Waals surface area contributed by atoms with Gasteiger partial charge in [0.05, 0.1) is 13.0 Å². The van der Waals surface area contributed by atoms with Crippen LogP contribution >= 0.6 is 0 Å². The van der Waals surface area contributed by atoms with Crippen LogP contribution < -0.4 is 15.0 Å². The third kappa shape index (κ3) is 3.49. The van der Waals surface area contributed by atoms with Gasteiger partial charge in [0, 0.05) is 54.6 Å². The molecular formula is C29H34N4O4. The molecule has 0 radical (unpaired) electrons. The Hall–Kier alpha value is -3.39. The van der Waals surface area contributed by atoms with Crippen LogP contribution in [0.1, 0.15) is 47.2 Å². The van der Waals surface area contributed by atoms with Gasteiger partial charge in [0.2, 0.25) is 5.91 Å². The van der Waals surface area contributed by atoms with Gasteiger partial charge in [-0.25, -0.2) is 0 Å². The number of amides is 3. The normalized spacial score (nSPS) is 27.6. The van der Waals surface area contributed by atoms with Crippen LogP contribution in [0.25, 0.3) is 0 Å². The topological polar surface area (TPSA) is 82.2 Å². The second kappa shape index (κ2) is 9.17. The van der Waals surface area contributed by atoms with Crippen molar-refractivity contribution in [3.05, 3.63) is 59.2 Å². The van der Waals surface area contributed by atoms with E-state index in [1.165, 1.54) is 0 Å². The SMILES string of the molecule is COc1cccc(C(=O)N2CCCNC(=O)[C@H]3C[C@@H]4CCCN4[C@@]34C(=O)N(CC2)c2ccccc24)c1C. The predicted molar refractivity (Wildman–Crippen MR) is 140 cm³/mol. The van der Waals surface area contributed by atoms with E-state index >= 15 is 0 Å². The molecule has 2 aromatic rings. The second-order valence-corrected chi connectivity index (χ2v) is 10.6. The minimum Gasteiger partial charge on any atom is -0.496 e. The van der Waals surface area contributed by atoms with Crippen LogP contribution in [0.15, 0.2) is 42.5 Å². The third-order valence-electron chi connectivity index (χ3n) is 8.85. The highest BCUT2D eigenvalue weighted by Gasteiger charge is 2.67. The van der Waals surface area contributed by atoms with E-state index in [1.807, 2.05) is 54.3 Å². The Morgan fingerprint density at radius 3 is 2.70 bits per heavy atom. The standard InChI is InChI=1S/C29H34N4O4/c1-19-21(9-5-12-25(19)37-2)27(35)31-14-7-13-30-26(34)23-18-20-8-6-15-33(20)29(23)22-10-3-4-11-24(22)32(17-16-31)28(29)36/h3-5,9-12,20,23H,6-8,13-18H2,1-2H3,(H,30,34)/t20-,23+,29+/m0/s1. The van der Waals surface area contributed by atoms with E-state index in [-0.39, 0.29) is 23.8 Å². The lowest BCUT2D eigenvalue weighted by Gasteiger charge is -2.38. The quantitative estimate of drug-likeness (QED) is 0.683. The average molecular weight is 503 g/mol. The van der Waals surface area contributed by atoms with Gasteiger partial charge in [0.1, 0.15) is 11.3 Å². The number of anilines is 1. The number of ether oxygens (including phenoxy) is 1. The van der Waals surface area contributed by atoms with Gasteiger partial charge in [-0.1, -0.05) is 24.3 Å². The Morgan fingerprint density at radius 2 is 1.86 bits per heavy atom. The summed E-state index contributed by atoms with van der Waals surface area (Å²) in [5, 5.41) is 3.12. The molecule has 2 bridgehead atoms. The first-order valence-electron chi connectivity index (χ1n) is 13.4. The number of methoxy groups -OCH3 is 1. The lowest BCUT2D eigenvalue weighted by molar-refractivity contribution is -0.139. The summed E-state index contributed by atoms with van der Waals surface area (Å²) in [6.07, 6.45) is 3.41. The molecule has 1 spiro atoms. The molecule has 3 fully saturated rings. The van der Waals surface area contributed by atoms with E-state index in [4.69, 9.17) is 4.74 Å². The highest BCUT2D eigenvalue weighted by atomic mass is 16.5. The number of carbonyl (C=O) groups excluding carboxylic acids is 3. The summed E-state index contributed by atoms with van der Waals surface area (Å²) in [4.78, 5) is 47.7. The molecular weight excluding hydrogens is 468 g/mol. The smallest absolute Gasteiger partial charge is 0.254 e. The maximum Gasteiger partial charge on any atom is 0.254 e. The second-order valence-electron chi connectivity index (χ2n) is 10.6. The van der Waals surface area contributed by atoms with Crippen molar-refractivity contribution in [2.45, 2.75) is 44.2 Å². The Kier molecular flexibility index (Phi) is 5.94. The van der Waals surface area contributed by atoms with Gasteiger partial charge < -0.3 is 19.9 Å². The number of rotatable bonds is 2. The molecule has 194 valence electrons. The van der Waals surface area contributed by atoms with Gasteiger partial charge >= 0.3 is 0 Å². The molecule has 0 unspecified atom stereocenters. The Morgan fingerprint density at radius 1 is 1.03 bits per heavy atom. The molecule has 6 rings (SSSR count). The van der Waals surface area contributed by atoms with E-state index < -0.39 is 11.5 Å². The van der Waals surface area contributed by atoms with Gasteiger partial charge in [-0.3, -0.25) is 19.3 Å². The van der Waals surface area contributed by atoms with E-state index in [2.05, 4.69) is 10.2 Å². The summed E-state index contributed by atoms with van der Waals surface area (Å²) in [6.45, 7) is 4.47. The molecule has 3 amide bonds. The molecule has 0 saturated carbocycles. The minimum absolute atomic E-state index is 0.0243. The maximum atomic E-state index is 14.4. The first-order valence-corrected chi connectivity index (χ1v) is 13.4. The van der Waals surface area contributed by atoms with Gasteiger partial charge in [0.15, 0.2) is 0 Å². The largest absolute Gasteiger partial charge is 0.496 e. The summed E-state index contributed by atoms with van der Waals surface area (Å²) in [5.74, 6) is 0.0941. The number of fused-ring (bicyclic) bond motifs is 4. The van der Waals surface area contributed by atoms with Crippen LogP contribution in [0.4, 0.5) is 5.69 Å². The highest BCUT2D eigenvalue weighted by molar-refractivity contribution is 6.11. The first kappa shape index (κ1) is 24.0. The summed E-state index contributed by atoms with van der Waals surface area (Å²) in [7, 11) is 1.60. The zero-order valence-corrected chi connectivity index (χ0v) is 21.5. The molecule has 37 heavy (non-hydrogen) atoms. The molecule has 8 heteroatoms. The minimum atomic E-state index is -0.959. The van der Waals surface area contributed by atoms with Crippen LogP contribution in [0.5, 0.6) is 5.75 Å². The van der Waals surface area contributed by atoms with Gasteiger partial charge in [-0.2, -0.15) is 0 Å². The lowest BCUT2D eigenvalue weighted by Crippen LogP contribution is -2.57. The van der Waals surface area contributed by atoms with Gasteiger partial charge in [0.25, 0.3) is 11.8 Å². The van der Waals surface area contributed by atoms with Crippen molar-refractivity contribution in [2.24, 2.45) is 5.92 Å². The van der Waals surface area contributed by atoms with Crippen molar-refractivity contribution < 1.29 is 19.1 Å². The van der Waals surface area contributed by atoms with Crippen LogP contribution in [-0.2, 0) is 15.1 Å². The number of nitrogens with zero attached hydrogens (tertiary/aromatic N) is 3. The summed E-state index contributed by atoms with van der Waals surface area (Å²) in [6, 6.07) is 13.7. The fourth-order valence-electron chi connectivity index (χ4n) is 7.16. The zero-order valence-electron chi connectivity index (χ0n) is 21.5. The van der Waals surface area contributed by atoms with E-state index in [1.54, 1.807) is 12.0 Å². The molecule has 2 aromatic carbocycles. The third-order valence-corrected chi connectivity index (χ3v) is 8.85. The van der Waals surface area contributed by atoms with E-state index in [9.17, 15) is 14.4 Å². The number of para-hydroxylation sites is 1. The molecule has 3 saturated heterocycles. The fraction of sp³-hybridized carbons (Fsp3) is 0.483. The van der Waals surface area contributed by atoms with Crippen molar-refractivity contribution >= 4 is 23.4 Å². The highest BCUT2D eigenvalue weighted by Crippen LogP contribution is 2.57. The zero-order chi connectivity index (χ0) is 25.7. The maximum absolute atomic E-state index is 14.4. The number of hydrogen-bond donors (Lipinski definition) is 1. The van der Waals surface area contributed by atoms with Crippen molar-refractivity contribution in [3.63, 3.8) is 0 Å². The van der Waals surface area contributed by atoms with Crippen molar-refractivity contribution in [1.29, 1.82) is 0 Å². The van der Waals surface area contributed by atoms with E-state index in [0.29, 0.717) is 50.3 Å². The molecule has 8 nitrogen and oxygen atoms in total. The molecule has 0 aliphatic carbocycles. The number of benzene rings is 2. The van der Waals surface area contributed by atoms with Crippen molar-refractivity contribution in [3.8, 4) is 5.75 Å². The number of nitrogens with one attached hydrogen (secondary N) is 1. The molecule has 4 aliphatic rings. The Bertz CT molecular complexity index is 1260. The number of hydrogen-bond acceptors (Lipinski definition) is 5. The Labute approximate surface area is 217 Å². The molecule has 0 aromatic heterocycles. The van der Waals surface area contributed by atoms with Crippen molar-refractivity contribution in [1.82, 2.24) is 15.1 Å². The van der Waals surface area contributed by atoms with Crippen LogP contribution in [0.3, 0.4) is 0 Å². The monoisotopic (exact) mass is 502 g/mol. The number of carbonyl (C=O) groups is 3. The molecule has 1 N–H and O–H groups in total. The van der Waals surface area contributed by atoms with E-state index in [0.717, 1.165) is 36.2 Å². The van der Waals surface area contributed by atoms with Gasteiger partial charge in [-0.15, -0.1) is 0 Å². The predicted octanol–water partition coefficient (Wildman–Crippen LogP) is 2.69. The fourth-order valence-corrected chi connectivity index (χ4v) is 7.16. The first-order chi connectivity index (χ1) is 18.0. The molecule has 4 heterocycles. The molecule has 3 atom stereocenters. The molecule has 4 aliphatic heterocycles. The Balaban J connectivity index is 1.38. The summed E-state index contributed by atoms with van der Waals surface area (Å²) in [5.41, 5.74) is 2.23. The van der Waals surface area contributed by atoms with Crippen LogP contribution in [-0.4, -0.2) is 73.4 Å². The lowest BCUT2D eigenvalue weighted by atomic mass is 9.78. The summed E-state index contributed by atoms with van der Waals surface area (Å²) >= 11 is 0.